The van der Waals surface area contributed by atoms with Crippen LogP contribution >= 0.6 is 0 Å². The number of aryl methyl sites for hydroxylation is 1. The number of nitrogens with one attached hydrogen (secondary N) is 1. The Bertz CT molecular complexity index is 996. The first-order valence-electron chi connectivity index (χ1n) is 11.1. The van der Waals surface area contributed by atoms with Crippen LogP contribution in [0.2, 0.25) is 0 Å². The smallest absolute Gasteiger partial charge is 0.258 e. The van der Waals surface area contributed by atoms with Crippen LogP contribution in [0, 0.1) is 0 Å². The maximum atomic E-state index is 12.9. The van der Waals surface area contributed by atoms with Crippen molar-refractivity contribution in [3.8, 4) is 5.75 Å². The summed E-state index contributed by atoms with van der Waals surface area (Å²) < 4.78 is 32.9. The molecule has 1 aliphatic carbocycles. The Morgan fingerprint density at radius 2 is 1.68 bits per heavy atom. The van der Waals surface area contributed by atoms with Crippen molar-refractivity contribution in [1.29, 1.82) is 0 Å². The Labute approximate surface area is 184 Å². The minimum atomic E-state index is -3.48. The zero-order chi connectivity index (χ0) is 21.7. The zero-order valence-corrected chi connectivity index (χ0v) is 18.6. The van der Waals surface area contributed by atoms with Gasteiger partial charge < -0.3 is 10.1 Å². The van der Waals surface area contributed by atoms with Gasteiger partial charge in [0.15, 0.2) is 6.61 Å². The van der Waals surface area contributed by atoms with Crippen LogP contribution in [0.15, 0.2) is 53.4 Å². The molecule has 1 N–H and O–H groups in total. The highest BCUT2D eigenvalue weighted by molar-refractivity contribution is 7.89. The molecule has 0 saturated carbocycles. The van der Waals surface area contributed by atoms with Crippen molar-refractivity contribution in [2.45, 2.75) is 55.9 Å². The second-order valence-corrected chi connectivity index (χ2v) is 10.2. The number of ether oxygens (including phenoxy) is 1. The summed E-state index contributed by atoms with van der Waals surface area (Å²) >= 11 is 0. The topological polar surface area (TPSA) is 75.7 Å². The third kappa shape index (κ3) is 5.28. The normalized spacial score (nSPS) is 19.8. The molecule has 0 radical (unpaired) electrons. The molecular formula is C24H30N2O4S. The number of rotatable bonds is 6. The lowest BCUT2D eigenvalue weighted by atomic mass is 9.88. The predicted molar refractivity (Wildman–Crippen MR) is 119 cm³/mol. The van der Waals surface area contributed by atoms with Gasteiger partial charge in [0.25, 0.3) is 5.91 Å². The molecule has 2 aromatic carbocycles. The number of hydrogen-bond acceptors (Lipinski definition) is 4. The Hall–Kier alpha value is -2.38. The maximum Gasteiger partial charge on any atom is 0.258 e. The van der Waals surface area contributed by atoms with Gasteiger partial charge in [-0.1, -0.05) is 37.1 Å². The molecular weight excluding hydrogens is 412 g/mol. The van der Waals surface area contributed by atoms with Crippen molar-refractivity contribution >= 4 is 15.9 Å². The van der Waals surface area contributed by atoms with Gasteiger partial charge in [-0.05, 0) is 67.5 Å². The quantitative estimate of drug-likeness (QED) is 0.738. The lowest BCUT2D eigenvalue weighted by Gasteiger charge is -2.26. The van der Waals surface area contributed by atoms with Gasteiger partial charge in [-0.15, -0.1) is 0 Å². The fraction of sp³-hybridized carbons (Fsp3) is 0.458. The summed E-state index contributed by atoms with van der Waals surface area (Å²) in [5.41, 5.74) is 2.48. The molecule has 31 heavy (non-hydrogen) atoms. The van der Waals surface area contributed by atoms with Gasteiger partial charge in [0.05, 0.1) is 10.9 Å². The lowest BCUT2D eigenvalue weighted by molar-refractivity contribution is -0.124. The monoisotopic (exact) mass is 442 g/mol. The van der Waals surface area contributed by atoms with Crippen LogP contribution in [0.3, 0.4) is 0 Å². The molecule has 2 aromatic rings. The molecule has 1 aliphatic heterocycles. The Kier molecular flexibility index (Phi) is 6.92. The number of fused-ring (bicyclic) bond motifs is 1. The minimum Gasteiger partial charge on any atom is -0.484 e. The van der Waals surface area contributed by atoms with Gasteiger partial charge in [0.1, 0.15) is 5.75 Å². The van der Waals surface area contributed by atoms with E-state index >= 15 is 0 Å². The van der Waals surface area contributed by atoms with E-state index in [1.54, 1.807) is 28.6 Å². The summed E-state index contributed by atoms with van der Waals surface area (Å²) in [5.74, 6) is 0.303. The molecule has 7 heteroatoms. The van der Waals surface area contributed by atoms with Crippen molar-refractivity contribution in [3.05, 3.63) is 59.7 Å². The maximum absolute atomic E-state index is 12.9. The number of carbonyl (C=O) groups is 1. The van der Waals surface area contributed by atoms with E-state index in [9.17, 15) is 13.2 Å². The fourth-order valence-corrected chi connectivity index (χ4v) is 5.94. The van der Waals surface area contributed by atoms with Crippen molar-refractivity contribution < 1.29 is 17.9 Å². The van der Waals surface area contributed by atoms with Crippen LogP contribution in [0.4, 0.5) is 0 Å². The van der Waals surface area contributed by atoms with E-state index in [-0.39, 0.29) is 23.5 Å². The number of carbonyl (C=O) groups excluding carboxylic acids is 1. The molecule has 1 atom stereocenters. The number of amides is 1. The fourth-order valence-electron chi connectivity index (χ4n) is 4.43. The molecule has 166 valence electrons. The first kappa shape index (κ1) is 21.8. The van der Waals surface area contributed by atoms with E-state index in [2.05, 4.69) is 17.4 Å². The summed E-state index contributed by atoms with van der Waals surface area (Å²) in [6.45, 7) is 1.05. The predicted octanol–water partition coefficient (Wildman–Crippen LogP) is 3.82. The highest BCUT2D eigenvalue weighted by Crippen LogP contribution is 2.29. The summed E-state index contributed by atoms with van der Waals surface area (Å²) in [4.78, 5) is 12.7. The van der Waals surface area contributed by atoms with E-state index in [0.717, 1.165) is 44.9 Å². The first-order chi connectivity index (χ1) is 15.0. The van der Waals surface area contributed by atoms with E-state index in [4.69, 9.17) is 4.74 Å². The molecule has 0 aromatic heterocycles. The molecule has 6 nitrogen and oxygen atoms in total. The molecule has 1 fully saturated rings. The summed E-state index contributed by atoms with van der Waals surface area (Å²) in [6.07, 6.45) is 6.98. The van der Waals surface area contributed by atoms with Gasteiger partial charge in [0, 0.05) is 13.1 Å². The van der Waals surface area contributed by atoms with Gasteiger partial charge in [-0.25, -0.2) is 8.42 Å². The number of hydrogen-bond donors (Lipinski definition) is 1. The number of nitrogens with zero attached hydrogens (tertiary/aromatic N) is 1. The van der Waals surface area contributed by atoms with Crippen LogP contribution in [0.1, 0.15) is 55.7 Å². The summed E-state index contributed by atoms with van der Waals surface area (Å²) in [6, 6.07) is 14.6. The standard InChI is InChI=1S/C24H30N2O4S/c27-24(25-23-11-7-9-19-8-3-4-10-22(19)23)18-30-20-12-14-21(15-13-20)31(28,29)26-16-5-1-2-6-17-26/h3-4,8,10,12-15,23H,1-2,5-7,9,11,16-18H2,(H,25,27)/t23-/m1/s1. The Morgan fingerprint density at radius 1 is 0.968 bits per heavy atom. The number of sulfonamides is 1. The van der Waals surface area contributed by atoms with E-state index in [1.807, 2.05) is 12.1 Å². The zero-order valence-electron chi connectivity index (χ0n) is 17.8. The van der Waals surface area contributed by atoms with Gasteiger partial charge in [-0.2, -0.15) is 4.31 Å². The second-order valence-electron chi connectivity index (χ2n) is 8.29. The highest BCUT2D eigenvalue weighted by atomic mass is 32.2. The van der Waals surface area contributed by atoms with Crippen LogP contribution in [0.5, 0.6) is 5.75 Å². The van der Waals surface area contributed by atoms with Gasteiger partial charge in [-0.3, -0.25) is 4.79 Å². The molecule has 0 bridgehead atoms. The van der Waals surface area contributed by atoms with Crippen molar-refractivity contribution in [2.24, 2.45) is 0 Å². The SMILES string of the molecule is O=C(COc1ccc(S(=O)(=O)N2CCCCCC2)cc1)N[C@@H]1CCCc2ccccc21. The van der Waals surface area contributed by atoms with Crippen LogP contribution in [-0.4, -0.2) is 38.3 Å². The summed E-state index contributed by atoms with van der Waals surface area (Å²) in [7, 11) is -3.48. The molecule has 1 saturated heterocycles. The Morgan fingerprint density at radius 3 is 2.42 bits per heavy atom. The van der Waals surface area contributed by atoms with Crippen molar-refractivity contribution in [3.63, 3.8) is 0 Å². The third-order valence-corrected chi connectivity index (χ3v) is 8.01. The molecule has 0 spiro atoms. The minimum absolute atomic E-state index is 0.0159. The second kappa shape index (κ2) is 9.83. The highest BCUT2D eigenvalue weighted by Gasteiger charge is 2.25. The van der Waals surface area contributed by atoms with Crippen molar-refractivity contribution in [1.82, 2.24) is 9.62 Å². The van der Waals surface area contributed by atoms with Crippen molar-refractivity contribution in [2.75, 3.05) is 19.7 Å². The van der Waals surface area contributed by atoms with Gasteiger partial charge >= 0.3 is 0 Å². The van der Waals surface area contributed by atoms with E-state index in [1.165, 1.54) is 11.1 Å². The van der Waals surface area contributed by atoms with E-state index in [0.29, 0.717) is 18.8 Å². The largest absolute Gasteiger partial charge is 0.484 e. The van der Waals surface area contributed by atoms with Gasteiger partial charge in [0.2, 0.25) is 10.0 Å². The third-order valence-electron chi connectivity index (χ3n) is 6.10. The number of benzene rings is 2. The summed E-state index contributed by atoms with van der Waals surface area (Å²) in [5, 5.41) is 3.06. The average molecular weight is 443 g/mol. The lowest BCUT2D eigenvalue weighted by Crippen LogP contribution is -2.34. The van der Waals surface area contributed by atoms with Crippen LogP contribution < -0.4 is 10.1 Å². The first-order valence-corrected chi connectivity index (χ1v) is 12.6. The van der Waals surface area contributed by atoms with Crippen LogP contribution in [-0.2, 0) is 21.2 Å². The Balaban J connectivity index is 1.33. The van der Waals surface area contributed by atoms with E-state index < -0.39 is 10.0 Å². The molecule has 2 aliphatic rings. The molecule has 1 amide bonds. The molecule has 0 unspecified atom stereocenters. The molecule has 4 rings (SSSR count). The van der Waals surface area contributed by atoms with Crippen LogP contribution in [0.25, 0.3) is 0 Å². The average Bonchev–Trinajstić information content (AvgIpc) is 3.09. The molecule has 1 heterocycles.